The average Bonchev–Trinajstić information content (AvgIpc) is 2.92. The maximum Gasteiger partial charge on any atom is 0.410 e. The molecule has 0 radical (unpaired) electrons. The van der Waals surface area contributed by atoms with Gasteiger partial charge in [0, 0.05) is 31.7 Å². The Morgan fingerprint density at radius 2 is 1.93 bits per heavy atom. The van der Waals surface area contributed by atoms with Crippen LogP contribution in [0.25, 0.3) is 11.3 Å². The number of nitrogens with zero attached hydrogens (tertiary/aromatic N) is 3. The Morgan fingerprint density at radius 1 is 1.19 bits per heavy atom. The van der Waals surface area contributed by atoms with Gasteiger partial charge in [0.1, 0.15) is 11.4 Å². The van der Waals surface area contributed by atoms with Crippen molar-refractivity contribution < 1.29 is 18.3 Å². The Morgan fingerprint density at radius 3 is 2.63 bits per heavy atom. The van der Waals surface area contributed by atoms with E-state index in [9.17, 15) is 9.18 Å². The molecule has 1 aromatic heterocycles. The van der Waals surface area contributed by atoms with Crippen molar-refractivity contribution in [3.05, 3.63) is 42.2 Å². The lowest BCUT2D eigenvalue weighted by Gasteiger charge is -2.26. The molecule has 1 aliphatic rings. The average molecular weight is 375 g/mol. The van der Waals surface area contributed by atoms with Crippen LogP contribution in [0.5, 0.6) is 0 Å². The highest BCUT2D eigenvalue weighted by Crippen LogP contribution is 2.21. The van der Waals surface area contributed by atoms with Crippen LogP contribution >= 0.6 is 0 Å². The summed E-state index contributed by atoms with van der Waals surface area (Å²) in [5.41, 5.74) is 0.305. The first-order valence-electron chi connectivity index (χ1n) is 9.21. The van der Waals surface area contributed by atoms with E-state index in [-0.39, 0.29) is 11.9 Å². The SMILES string of the molecule is CC(C)(C)OC(=O)N1CCCN(Cc2ncc(-c3ccc(F)cc3)o2)CC1. The molecule has 7 heteroatoms. The highest BCUT2D eigenvalue weighted by molar-refractivity contribution is 5.68. The van der Waals surface area contributed by atoms with Gasteiger partial charge in [0.05, 0.1) is 12.7 Å². The van der Waals surface area contributed by atoms with Crippen molar-refractivity contribution in [3.8, 4) is 11.3 Å². The summed E-state index contributed by atoms with van der Waals surface area (Å²) < 4.78 is 24.3. The lowest BCUT2D eigenvalue weighted by atomic mass is 10.2. The van der Waals surface area contributed by atoms with E-state index in [1.54, 1.807) is 23.2 Å². The van der Waals surface area contributed by atoms with E-state index >= 15 is 0 Å². The fraction of sp³-hybridized carbons (Fsp3) is 0.500. The molecule has 2 aromatic rings. The Balaban J connectivity index is 1.56. The summed E-state index contributed by atoms with van der Waals surface area (Å²) >= 11 is 0. The van der Waals surface area contributed by atoms with Gasteiger partial charge in [-0.1, -0.05) is 0 Å². The molecule has 1 saturated heterocycles. The third kappa shape index (κ3) is 5.53. The van der Waals surface area contributed by atoms with Crippen LogP contribution in [0.1, 0.15) is 33.1 Å². The van der Waals surface area contributed by atoms with Crippen LogP contribution in [0.4, 0.5) is 9.18 Å². The molecule has 0 unspecified atom stereocenters. The molecule has 1 amide bonds. The first-order valence-corrected chi connectivity index (χ1v) is 9.21. The predicted octanol–water partition coefficient (Wildman–Crippen LogP) is 3.92. The second kappa shape index (κ2) is 8.08. The summed E-state index contributed by atoms with van der Waals surface area (Å²) in [5.74, 6) is 0.952. The van der Waals surface area contributed by atoms with Crippen LogP contribution in [0.15, 0.2) is 34.9 Å². The molecular weight excluding hydrogens is 349 g/mol. The number of carbonyl (C=O) groups excluding carboxylic acids is 1. The molecular formula is C20H26FN3O3. The molecule has 2 heterocycles. The molecule has 1 aromatic carbocycles. The number of amides is 1. The number of oxazole rings is 1. The molecule has 0 aliphatic carbocycles. The van der Waals surface area contributed by atoms with E-state index in [0.29, 0.717) is 31.3 Å². The molecule has 1 fully saturated rings. The molecule has 0 bridgehead atoms. The lowest BCUT2D eigenvalue weighted by molar-refractivity contribution is 0.0257. The van der Waals surface area contributed by atoms with Crippen molar-refractivity contribution >= 4 is 6.09 Å². The second-order valence-electron chi connectivity index (χ2n) is 7.72. The molecule has 6 nitrogen and oxygen atoms in total. The fourth-order valence-electron chi connectivity index (χ4n) is 2.96. The summed E-state index contributed by atoms with van der Waals surface area (Å²) in [6.07, 6.45) is 2.26. The highest BCUT2D eigenvalue weighted by Gasteiger charge is 2.25. The predicted molar refractivity (Wildman–Crippen MR) is 99.6 cm³/mol. The summed E-state index contributed by atoms with van der Waals surface area (Å²) in [4.78, 5) is 20.5. The minimum atomic E-state index is -0.488. The lowest BCUT2D eigenvalue weighted by Crippen LogP contribution is -2.39. The smallest absolute Gasteiger partial charge is 0.410 e. The van der Waals surface area contributed by atoms with Gasteiger partial charge in [-0.15, -0.1) is 0 Å². The number of ether oxygens (including phenoxy) is 1. The highest BCUT2D eigenvalue weighted by atomic mass is 19.1. The summed E-state index contributed by atoms with van der Waals surface area (Å²) in [6.45, 7) is 9.06. The van der Waals surface area contributed by atoms with Crippen molar-refractivity contribution in [2.24, 2.45) is 0 Å². The van der Waals surface area contributed by atoms with E-state index in [1.165, 1.54) is 12.1 Å². The van der Waals surface area contributed by atoms with Gasteiger partial charge in [0.2, 0.25) is 5.89 Å². The van der Waals surface area contributed by atoms with E-state index in [4.69, 9.17) is 9.15 Å². The van der Waals surface area contributed by atoms with Crippen molar-refractivity contribution in [3.63, 3.8) is 0 Å². The number of hydrogen-bond donors (Lipinski definition) is 0. The quantitative estimate of drug-likeness (QED) is 0.814. The van der Waals surface area contributed by atoms with Gasteiger partial charge in [-0.05, 0) is 51.5 Å². The van der Waals surface area contributed by atoms with Gasteiger partial charge in [-0.3, -0.25) is 4.90 Å². The molecule has 3 rings (SSSR count). The van der Waals surface area contributed by atoms with Crippen LogP contribution in [-0.4, -0.2) is 52.7 Å². The van der Waals surface area contributed by atoms with Crippen LogP contribution in [0.3, 0.4) is 0 Å². The van der Waals surface area contributed by atoms with Gasteiger partial charge in [-0.2, -0.15) is 0 Å². The summed E-state index contributed by atoms with van der Waals surface area (Å²) in [6, 6.07) is 6.14. The van der Waals surface area contributed by atoms with Gasteiger partial charge in [0.15, 0.2) is 5.76 Å². The number of halogens is 1. The molecule has 0 saturated carbocycles. The van der Waals surface area contributed by atoms with Crippen LogP contribution < -0.4 is 0 Å². The number of rotatable bonds is 3. The molecule has 1 aliphatic heterocycles. The number of aromatic nitrogens is 1. The third-order valence-corrected chi connectivity index (χ3v) is 4.28. The van der Waals surface area contributed by atoms with E-state index in [1.807, 2.05) is 20.8 Å². The van der Waals surface area contributed by atoms with E-state index in [0.717, 1.165) is 25.1 Å². The Hall–Kier alpha value is -2.41. The summed E-state index contributed by atoms with van der Waals surface area (Å²) in [7, 11) is 0. The van der Waals surface area contributed by atoms with E-state index < -0.39 is 5.60 Å². The van der Waals surface area contributed by atoms with Crippen LogP contribution in [0, 0.1) is 5.82 Å². The first-order chi connectivity index (χ1) is 12.8. The number of hydrogen-bond acceptors (Lipinski definition) is 5. The van der Waals surface area contributed by atoms with Crippen LogP contribution in [0.2, 0.25) is 0 Å². The molecule has 0 spiro atoms. The van der Waals surface area contributed by atoms with Crippen LogP contribution in [-0.2, 0) is 11.3 Å². The van der Waals surface area contributed by atoms with Gasteiger partial charge >= 0.3 is 6.09 Å². The van der Waals surface area contributed by atoms with E-state index in [2.05, 4.69) is 9.88 Å². The number of carbonyl (C=O) groups is 1. The fourth-order valence-corrected chi connectivity index (χ4v) is 2.96. The van der Waals surface area contributed by atoms with Crippen molar-refractivity contribution in [1.82, 2.24) is 14.8 Å². The second-order valence-corrected chi connectivity index (χ2v) is 7.72. The zero-order valence-corrected chi connectivity index (χ0v) is 16.1. The van der Waals surface area contributed by atoms with Gasteiger partial charge in [0.25, 0.3) is 0 Å². The van der Waals surface area contributed by atoms with Crippen molar-refractivity contribution in [2.75, 3.05) is 26.2 Å². The van der Waals surface area contributed by atoms with Gasteiger partial charge < -0.3 is 14.1 Å². The number of benzene rings is 1. The molecule has 0 atom stereocenters. The topological polar surface area (TPSA) is 58.8 Å². The first kappa shape index (κ1) is 19.4. The summed E-state index contributed by atoms with van der Waals surface area (Å²) in [5, 5.41) is 0. The maximum atomic E-state index is 13.0. The monoisotopic (exact) mass is 375 g/mol. The Kier molecular flexibility index (Phi) is 5.79. The Labute approximate surface area is 158 Å². The normalized spacial score (nSPS) is 16.2. The molecule has 0 N–H and O–H groups in total. The zero-order chi connectivity index (χ0) is 19.4. The van der Waals surface area contributed by atoms with Crippen molar-refractivity contribution in [1.29, 1.82) is 0 Å². The minimum Gasteiger partial charge on any atom is -0.444 e. The largest absolute Gasteiger partial charge is 0.444 e. The minimum absolute atomic E-state index is 0.265. The Bertz CT molecular complexity index is 768. The van der Waals surface area contributed by atoms with Crippen molar-refractivity contribution in [2.45, 2.75) is 39.3 Å². The standard InChI is InChI=1S/C20H26FN3O3/c1-20(2,3)27-19(25)24-10-4-9-23(11-12-24)14-18-22-13-17(26-18)15-5-7-16(21)8-6-15/h5-8,13H,4,9-12,14H2,1-3H3. The van der Waals surface area contributed by atoms with Gasteiger partial charge in [-0.25, -0.2) is 14.2 Å². The third-order valence-electron chi connectivity index (χ3n) is 4.28. The maximum absolute atomic E-state index is 13.0. The zero-order valence-electron chi connectivity index (χ0n) is 16.1. The molecule has 146 valence electrons. The molecule has 27 heavy (non-hydrogen) atoms.